The van der Waals surface area contributed by atoms with Gasteiger partial charge in [-0.15, -0.1) is 0 Å². The number of aliphatic hydroxyl groups excluding tert-OH is 2. The number of rotatable bonds is 36. The third-order valence-corrected chi connectivity index (χ3v) is 9.00. The van der Waals surface area contributed by atoms with Gasteiger partial charge in [-0.05, 0) is 38.5 Å². The van der Waals surface area contributed by atoms with Crippen molar-refractivity contribution < 1.29 is 14.9 Å². The molecule has 0 rings (SSSR count). The van der Waals surface area contributed by atoms with Gasteiger partial charge in [0.2, 0.25) is 0 Å². The second-order valence-corrected chi connectivity index (χ2v) is 13.2. The molecule has 3 nitrogen and oxygen atoms in total. The van der Waals surface area contributed by atoms with Crippen molar-refractivity contribution in [3.63, 3.8) is 0 Å². The second-order valence-electron chi connectivity index (χ2n) is 13.2. The van der Waals surface area contributed by atoms with E-state index in [-0.39, 0.29) is 13.2 Å². The third kappa shape index (κ3) is 34.1. The summed E-state index contributed by atoms with van der Waals surface area (Å²) in [5.74, 6) is 0. The van der Waals surface area contributed by atoms with Gasteiger partial charge in [-0.3, -0.25) is 0 Å². The molecule has 0 aromatic carbocycles. The summed E-state index contributed by atoms with van der Waals surface area (Å²) in [6, 6.07) is 0. The first-order valence-electron chi connectivity index (χ1n) is 19.5. The number of ether oxygens (including phenoxy) is 1. The average molecular weight is 607 g/mol. The SMILES string of the molecule is CCCCCCCCCCCCCCC(CCC=CCO)OC(CCC=CCO)CCCCCCCCCCCCCC. The molecule has 2 N–H and O–H groups in total. The Labute approximate surface area is 270 Å². The predicted octanol–water partition coefficient (Wildman–Crippen LogP) is 12.6. The maximum absolute atomic E-state index is 9.14. The molecule has 0 heterocycles. The van der Waals surface area contributed by atoms with Gasteiger partial charge in [-0.1, -0.05) is 192 Å². The Hall–Kier alpha value is -0.640. The highest BCUT2D eigenvalue weighted by molar-refractivity contribution is 4.83. The first-order chi connectivity index (χ1) is 21.3. The summed E-state index contributed by atoms with van der Waals surface area (Å²) < 4.78 is 6.82. The summed E-state index contributed by atoms with van der Waals surface area (Å²) in [6.45, 7) is 4.84. The lowest BCUT2D eigenvalue weighted by molar-refractivity contribution is -0.0294. The molecule has 0 fully saturated rings. The van der Waals surface area contributed by atoms with E-state index in [1.54, 1.807) is 0 Å². The fraction of sp³-hybridized carbons (Fsp3) is 0.900. The summed E-state index contributed by atoms with van der Waals surface area (Å²) in [6.07, 6.45) is 48.2. The van der Waals surface area contributed by atoms with E-state index in [0.717, 1.165) is 38.5 Å². The van der Waals surface area contributed by atoms with E-state index in [9.17, 15) is 0 Å². The molecular formula is C40H78O3. The molecule has 0 aromatic rings. The molecule has 0 aliphatic heterocycles. The Morgan fingerprint density at radius 1 is 0.372 bits per heavy atom. The zero-order valence-corrected chi connectivity index (χ0v) is 29.4. The van der Waals surface area contributed by atoms with Crippen LogP contribution in [0.1, 0.15) is 206 Å². The van der Waals surface area contributed by atoms with Crippen molar-refractivity contribution in [1.82, 2.24) is 0 Å². The minimum absolute atomic E-state index is 0.128. The largest absolute Gasteiger partial charge is 0.392 e. The van der Waals surface area contributed by atoms with Crippen LogP contribution < -0.4 is 0 Å². The molecule has 0 aliphatic rings. The minimum Gasteiger partial charge on any atom is -0.392 e. The van der Waals surface area contributed by atoms with Gasteiger partial charge in [-0.25, -0.2) is 0 Å². The monoisotopic (exact) mass is 607 g/mol. The fourth-order valence-electron chi connectivity index (χ4n) is 6.21. The lowest BCUT2D eigenvalue weighted by Gasteiger charge is -2.25. The highest BCUT2D eigenvalue weighted by atomic mass is 16.5. The Balaban J connectivity index is 4.37. The number of allylic oxidation sites excluding steroid dienone is 2. The lowest BCUT2D eigenvalue weighted by Crippen LogP contribution is -2.22. The Bertz CT molecular complexity index is 510. The van der Waals surface area contributed by atoms with Crippen molar-refractivity contribution in [2.75, 3.05) is 13.2 Å². The smallest absolute Gasteiger partial charge is 0.0612 e. The molecule has 0 radical (unpaired) electrons. The van der Waals surface area contributed by atoms with Crippen molar-refractivity contribution in [1.29, 1.82) is 0 Å². The van der Waals surface area contributed by atoms with E-state index in [0.29, 0.717) is 12.2 Å². The van der Waals surface area contributed by atoms with E-state index in [1.807, 2.05) is 12.2 Å². The molecule has 2 atom stereocenters. The summed E-state index contributed by atoms with van der Waals surface area (Å²) in [5, 5.41) is 18.3. The molecule has 0 aliphatic carbocycles. The number of aliphatic hydroxyl groups is 2. The Kier molecular flexibility index (Phi) is 37.0. The van der Waals surface area contributed by atoms with Gasteiger partial charge >= 0.3 is 0 Å². The van der Waals surface area contributed by atoms with Crippen molar-refractivity contribution in [2.24, 2.45) is 0 Å². The Morgan fingerprint density at radius 3 is 0.930 bits per heavy atom. The number of unbranched alkanes of at least 4 members (excludes halogenated alkanes) is 22. The van der Waals surface area contributed by atoms with Gasteiger partial charge in [0.05, 0.1) is 25.4 Å². The molecule has 0 aromatic heterocycles. The van der Waals surface area contributed by atoms with Crippen LogP contribution in [0.25, 0.3) is 0 Å². The maximum atomic E-state index is 9.14. The first-order valence-corrected chi connectivity index (χ1v) is 19.5. The lowest BCUT2D eigenvalue weighted by atomic mass is 10.0. The van der Waals surface area contributed by atoms with Gasteiger partial charge in [0.25, 0.3) is 0 Å². The Morgan fingerprint density at radius 2 is 0.651 bits per heavy atom. The van der Waals surface area contributed by atoms with Gasteiger partial charge in [0.15, 0.2) is 0 Å². The zero-order valence-electron chi connectivity index (χ0n) is 29.4. The van der Waals surface area contributed by atoms with Crippen LogP contribution in [0.15, 0.2) is 24.3 Å². The predicted molar refractivity (Wildman–Crippen MR) is 191 cm³/mol. The van der Waals surface area contributed by atoms with Crippen LogP contribution >= 0.6 is 0 Å². The molecule has 3 heteroatoms. The number of hydrogen-bond donors (Lipinski definition) is 2. The average Bonchev–Trinajstić information content (AvgIpc) is 3.02. The molecule has 2 unspecified atom stereocenters. The van der Waals surface area contributed by atoms with Crippen molar-refractivity contribution in [3.8, 4) is 0 Å². The van der Waals surface area contributed by atoms with Gasteiger partial charge in [0.1, 0.15) is 0 Å². The zero-order chi connectivity index (χ0) is 31.3. The van der Waals surface area contributed by atoms with E-state index in [2.05, 4.69) is 26.0 Å². The van der Waals surface area contributed by atoms with E-state index >= 15 is 0 Å². The summed E-state index contributed by atoms with van der Waals surface area (Å²) in [4.78, 5) is 0. The van der Waals surface area contributed by atoms with Crippen LogP contribution in [0.4, 0.5) is 0 Å². The topological polar surface area (TPSA) is 49.7 Å². The van der Waals surface area contributed by atoms with Crippen LogP contribution in [0.3, 0.4) is 0 Å². The molecule has 0 spiro atoms. The normalized spacial score (nSPS) is 13.5. The molecule has 0 amide bonds. The van der Waals surface area contributed by atoms with Crippen LogP contribution in [-0.2, 0) is 4.74 Å². The van der Waals surface area contributed by atoms with E-state index in [4.69, 9.17) is 14.9 Å². The quantitative estimate of drug-likeness (QED) is 0.0551. The van der Waals surface area contributed by atoms with Crippen molar-refractivity contribution >= 4 is 0 Å². The highest BCUT2D eigenvalue weighted by Gasteiger charge is 2.16. The first kappa shape index (κ1) is 42.4. The molecule has 256 valence electrons. The van der Waals surface area contributed by atoms with Crippen molar-refractivity contribution in [3.05, 3.63) is 24.3 Å². The third-order valence-electron chi connectivity index (χ3n) is 9.00. The summed E-state index contributed by atoms with van der Waals surface area (Å²) in [7, 11) is 0. The molecule has 0 bridgehead atoms. The minimum atomic E-state index is 0.128. The van der Waals surface area contributed by atoms with Gasteiger partial charge < -0.3 is 14.9 Å². The van der Waals surface area contributed by atoms with Gasteiger partial charge in [0, 0.05) is 0 Å². The molecule has 0 saturated carbocycles. The van der Waals surface area contributed by atoms with Crippen molar-refractivity contribution in [2.45, 2.75) is 219 Å². The fourth-order valence-corrected chi connectivity index (χ4v) is 6.21. The summed E-state index contributed by atoms with van der Waals surface area (Å²) >= 11 is 0. The van der Waals surface area contributed by atoms with E-state index in [1.165, 1.54) is 154 Å². The van der Waals surface area contributed by atoms with E-state index < -0.39 is 0 Å². The maximum Gasteiger partial charge on any atom is 0.0612 e. The molecule has 43 heavy (non-hydrogen) atoms. The molecular weight excluding hydrogens is 528 g/mol. The van der Waals surface area contributed by atoms with Crippen LogP contribution in [0.2, 0.25) is 0 Å². The van der Waals surface area contributed by atoms with Crippen LogP contribution in [0.5, 0.6) is 0 Å². The molecule has 0 saturated heterocycles. The van der Waals surface area contributed by atoms with Gasteiger partial charge in [-0.2, -0.15) is 0 Å². The standard InChI is InChI=1S/C40H78O3/c1-3-5-7-9-11-13-15-17-19-21-23-27-33-39(35-29-25-31-37-41)43-40(36-30-26-32-38-42)34-28-24-22-20-18-16-14-12-10-8-6-4-2/h25-26,31-32,39-42H,3-24,27-30,33-38H2,1-2H3. The highest BCUT2D eigenvalue weighted by Crippen LogP contribution is 2.22. The van der Waals surface area contributed by atoms with Crippen LogP contribution in [0, 0.1) is 0 Å². The number of hydrogen-bond acceptors (Lipinski definition) is 3. The second kappa shape index (κ2) is 37.5. The summed E-state index contributed by atoms with van der Waals surface area (Å²) in [5.41, 5.74) is 0. The van der Waals surface area contributed by atoms with Crippen LogP contribution in [-0.4, -0.2) is 35.6 Å².